The summed E-state index contributed by atoms with van der Waals surface area (Å²) in [6, 6.07) is 0. The normalized spacial score (nSPS) is 10.1. The van der Waals surface area contributed by atoms with Crippen LogP contribution in [0.4, 0.5) is 5.69 Å². The third kappa shape index (κ3) is 2.61. The fourth-order valence-corrected chi connectivity index (χ4v) is 1.58. The summed E-state index contributed by atoms with van der Waals surface area (Å²) in [6.45, 7) is 4.90. The molecule has 0 aliphatic heterocycles. The van der Waals surface area contributed by atoms with E-state index in [1.165, 1.54) is 11.3 Å². The molecule has 0 saturated carbocycles. The van der Waals surface area contributed by atoms with Gasteiger partial charge in [-0.3, -0.25) is 9.36 Å². The maximum absolute atomic E-state index is 4.21. The van der Waals surface area contributed by atoms with Crippen LogP contribution in [-0.2, 0) is 20.6 Å². The van der Waals surface area contributed by atoms with Crippen molar-refractivity contribution in [2.24, 2.45) is 14.1 Å². The van der Waals surface area contributed by atoms with E-state index in [0.29, 0.717) is 0 Å². The predicted molar refractivity (Wildman–Crippen MR) is 70.5 cm³/mol. The van der Waals surface area contributed by atoms with E-state index in [9.17, 15) is 0 Å². The summed E-state index contributed by atoms with van der Waals surface area (Å²) in [7, 11) is 3.89. The number of halogens is 1. The second-order valence-corrected chi connectivity index (χ2v) is 4.00. The third-order valence-corrected chi connectivity index (χ3v) is 3.04. The minimum Gasteiger partial charge on any atom is -0.378 e. The van der Waals surface area contributed by atoms with Gasteiger partial charge in [0.05, 0.1) is 23.8 Å². The standard InChI is InChI=1S/C11H17N5.ClH/c1-8-10(6-13-15(8)3)5-12-11-7-14-16(4)9(11)2;/h6-7,12H,5H2,1-4H3;1H. The van der Waals surface area contributed by atoms with Gasteiger partial charge in [-0.2, -0.15) is 10.2 Å². The first-order valence-electron chi connectivity index (χ1n) is 5.29. The lowest BCUT2D eigenvalue weighted by molar-refractivity contribution is 0.737. The van der Waals surface area contributed by atoms with E-state index in [0.717, 1.165) is 17.9 Å². The van der Waals surface area contributed by atoms with Crippen molar-refractivity contribution < 1.29 is 0 Å². The fraction of sp³-hybridized carbons (Fsp3) is 0.455. The number of aromatic nitrogens is 4. The number of aryl methyl sites for hydroxylation is 2. The van der Waals surface area contributed by atoms with Gasteiger partial charge in [-0.05, 0) is 13.8 Å². The maximum Gasteiger partial charge on any atom is 0.0758 e. The Morgan fingerprint density at radius 1 is 1.06 bits per heavy atom. The molecule has 0 aliphatic rings. The number of rotatable bonds is 3. The van der Waals surface area contributed by atoms with Crippen LogP contribution in [0.5, 0.6) is 0 Å². The zero-order valence-corrected chi connectivity index (χ0v) is 11.4. The molecule has 0 saturated heterocycles. The van der Waals surface area contributed by atoms with Crippen molar-refractivity contribution in [1.29, 1.82) is 0 Å². The first kappa shape index (κ1) is 13.6. The summed E-state index contributed by atoms with van der Waals surface area (Å²) in [5.41, 5.74) is 4.62. The van der Waals surface area contributed by atoms with E-state index >= 15 is 0 Å². The van der Waals surface area contributed by atoms with Crippen molar-refractivity contribution in [3.8, 4) is 0 Å². The summed E-state index contributed by atoms with van der Waals surface area (Å²) in [5.74, 6) is 0. The molecule has 0 amide bonds. The van der Waals surface area contributed by atoms with E-state index in [2.05, 4.69) is 22.4 Å². The lowest BCUT2D eigenvalue weighted by Gasteiger charge is -2.05. The van der Waals surface area contributed by atoms with Crippen LogP contribution in [0, 0.1) is 13.8 Å². The van der Waals surface area contributed by atoms with Gasteiger partial charge in [0.15, 0.2) is 0 Å². The zero-order chi connectivity index (χ0) is 11.7. The maximum atomic E-state index is 4.21. The molecule has 2 heterocycles. The molecule has 0 aliphatic carbocycles. The Labute approximate surface area is 107 Å². The second kappa shape index (κ2) is 5.23. The molecule has 2 aromatic rings. The number of hydrogen-bond acceptors (Lipinski definition) is 3. The molecule has 0 fully saturated rings. The van der Waals surface area contributed by atoms with Crippen molar-refractivity contribution in [1.82, 2.24) is 19.6 Å². The van der Waals surface area contributed by atoms with Crippen LogP contribution in [0.2, 0.25) is 0 Å². The summed E-state index contributed by atoms with van der Waals surface area (Å²) < 4.78 is 3.74. The van der Waals surface area contributed by atoms with E-state index in [1.54, 1.807) is 0 Å². The highest BCUT2D eigenvalue weighted by Crippen LogP contribution is 2.14. The number of hydrogen-bond donors (Lipinski definition) is 1. The molecular formula is C11H18ClN5. The van der Waals surface area contributed by atoms with Gasteiger partial charge in [-0.25, -0.2) is 0 Å². The highest BCUT2D eigenvalue weighted by atomic mass is 35.5. The second-order valence-electron chi connectivity index (χ2n) is 4.00. The highest BCUT2D eigenvalue weighted by molar-refractivity contribution is 5.85. The van der Waals surface area contributed by atoms with Crippen LogP contribution >= 0.6 is 12.4 Å². The minimum absolute atomic E-state index is 0. The molecule has 17 heavy (non-hydrogen) atoms. The molecule has 0 spiro atoms. The molecule has 0 radical (unpaired) electrons. The lowest BCUT2D eigenvalue weighted by atomic mass is 10.2. The van der Waals surface area contributed by atoms with Crippen molar-refractivity contribution in [2.75, 3.05) is 5.32 Å². The predicted octanol–water partition coefficient (Wildman–Crippen LogP) is 1.80. The Bertz CT molecular complexity index is 454. The molecule has 0 bridgehead atoms. The quantitative estimate of drug-likeness (QED) is 0.910. The molecule has 2 rings (SSSR count). The molecule has 0 aromatic carbocycles. The monoisotopic (exact) mass is 255 g/mol. The molecular weight excluding hydrogens is 238 g/mol. The van der Waals surface area contributed by atoms with Crippen LogP contribution in [0.15, 0.2) is 12.4 Å². The van der Waals surface area contributed by atoms with Crippen molar-refractivity contribution in [3.63, 3.8) is 0 Å². The lowest BCUT2D eigenvalue weighted by Crippen LogP contribution is -2.02. The average Bonchev–Trinajstić information content (AvgIpc) is 2.74. The molecule has 2 aromatic heterocycles. The molecule has 0 unspecified atom stereocenters. The molecule has 94 valence electrons. The van der Waals surface area contributed by atoms with Gasteiger partial charge in [0.2, 0.25) is 0 Å². The van der Waals surface area contributed by atoms with Crippen LogP contribution in [0.1, 0.15) is 17.0 Å². The van der Waals surface area contributed by atoms with Gasteiger partial charge in [-0.15, -0.1) is 12.4 Å². The van der Waals surface area contributed by atoms with Gasteiger partial charge in [0.25, 0.3) is 0 Å². The van der Waals surface area contributed by atoms with Gasteiger partial charge in [-0.1, -0.05) is 0 Å². The van der Waals surface area contributed by atoms with Gasteiger partial charge in [0.1, 0.15) is 0 Å². The largest absolute Gasteiger partial charge is 0.378 e. The van der Waals surface area contributed by atoms with E-state index in [4.69, 9.17) is 0 Å². The molecule has 5 nitrogen and oxygen atoms in total. The Morgan fingerprint density at radius 3 is 2.12 bits per heavy atom. The molecule has 6 heteroatoms. The third-order valence-electron chi connectivity index (χ3n) is 3.04. The zero-order valence-electron chi connectivity index (χ0n) is 10.6. The Kier molecular flexibility index (Phi) is 4.17. The van der Waals surface area contributed by atoms with Gasteiger partial charge in [0, 0.05) is 31.9 Å². The number of anilines is 1. The SMILES string of the molecule is Cc1c(CNc2cnn(C)c2C)cnn1C.Cl. The van der Waals surface area contributed by atoms with Crippen LogP contribution in [0.3, 0.4) is 0 Å². The van der Waals surface area contributed by atoms with E-state index < -0.39 is 0 Å². The average molecular weight is 256 g/mol. The van der Waals surface area contributed by atoms with E-state index in [-0.39, 0.29) is 12.4 Å². The molecule has 0 atom stereocenters. The summed E-state index contributed by atoms with van der Waals surface area (Å²) in [6.07, 6.45) is 3.75. The summed E-state index contributed by atoms with van der Waals surface area (Å²) in [4.78, 5) is 0. The van der Waals surface area contributed by atoms with Gasteiger partial charge >= 0.3 is 0 Å². The summed E-state index contributed by atoms with van der Waals surface area (Å²) in [5, 5.41) is 11.8. The fourth-order valence-electron chi connectivity index (χ4n) is 1.58. The number of nitrogens with zero attached hydrogens (tertiary/aromatic N) is 4. The van der Waals surface area contributed by atoms with Crippen molar-refractivity contribution in [3.05, 3.63) is 29.3 Å². The highest BCUT2D eigenvalue weighted by Gasteiger charge is 2.06. The van der Waals surface area contributed by atoms with Crippen LogP contribution in [0.25, 0.3) is 0 Å². The number of nitrogens with one attached hydrogen (secondary N) is 1. The topological polar surface area (TPSA) is 47.7 Å². The first-order valence-corrected chi connectivity index (χ1v) is 5.29. The van der Waals surface area contributed by atoms with Crippen molar-refractivity contribution >= 4 is 18.1 Å². The first-order chi connectivity index (χ1) is 7.59. The minimum atomic E-state index is 0. The van der Waals surface area contributed by atoms with Crippen LogP contribution < -0.4 is 5.32 Å². The Balaban J connectivity index is 0.00000144. The van der Waals surface area contributed by atoms with Gasteiger partial charge < -0.3 is 5.32 Å². The van der Waals surface area contributed by atoms with Crippen LogP contribution in [-0.4, -0.2) is 19.6 Å². The smallest absolute Gasteiger partial charge is 0.0758 e. The Hall–Kier alpha value is -1.49. The van der Waals surface area contributed by atoms with Crippen molar-refractivity contribution in [2.45, 2.75) is 20.4 Å². The molecule has 1 N–H and O–H groups in total. The summed E-state index contributed by atoms with van der Waals surface area (Å²) >= 11 is 0. The Morgan fingerprint density at radius 2 is 1.65 bits per heavy atom. The van der Waals surface area contributed by atoms with E-state index in [1.807, 2.05) is 42.8 Å².